The number of nitrogens with one attached hydrogen (secondary N) is 1. The molecule has 0 heterocycles. The van der Waals surface area contributed by atoms with Gasteiger partial charge in [0.1, 0.15) is 0 Å². The molecule has 0 atom stereocenters. The minimum atomic E-state index is -1.09. The largest absolute Gasteiger partial charge is 0.324 e. The van der Waals surface area contributed by atoms with Crippen molar-refractivity contribution in [1.29, 1.82) is 0 Å². The fourth-order valence-corrected chi connectivity index (χ4v) is 1.31. The molecule has 76 valence electrons. The highest BCUT2D eigenvalue weighted by Gasteiger charge is 2.11. The summed E-state index contributed by atoms with van der Waals surface area (Å²) in [7, 11) is 0. The van der Waals surface area contributed by atoms with Gasteiger partial charge >= 0.3 is 0 Å². The van der Waals surface area contributed by atoms with Crippen LogP contribution < -0.4 is 5.32 Å². The second-order valence-electron chi connectivity index (χ2n) is 2.42. The second kappa shape index (κ2) is 5.21. The number of benzene rings is 1. The molecule has 1 amide bonds. The Bertz CT molecular complexity index is 356. The van der Waals surface area contributed by atoms with Gasteiger partial charge in [-0.15, -0.1) is 0 Å². The van der Waals surface area contributed by atoms with E-state index in [1.54, 1.807) is 18.2 Å². The number of carbonyl (C=O) groups is 1. The molecule has 0 bridgehead atoms. The van der Waals surface area contributed by atoms with E-state index in [9.17, 15) is 4.79 Å². The van der Waals surface area contributed by atoms with Crippen molar-refractivity contribution in [3.8, 4) is 0 Å². The molecule has 1 aromatic carbocycles. The van der Waals surface area contributed by atoms with Gasteiger partial charge < -0.3 is 5.32 Å². The lowest BCUT2D eigenvalue weighted by atomic mass is 10.3. The summed E-state index contributed by atoms with van der Waals surface area (Å²) in [6.45, 7) is 0. The highest BCUT2D eigenvalue weighted by atomic mass is 79.9. The van der Waals surface area contributed by atoms with Crippen molar-refractivity contribution in [3.05, 3.63) is 27.7 Å². The average molecular weight is 317 g/mol. The molecule has 0 aliphatic rings. The van der Waals surface area contributed by atoms with Gasteiger partial charge in [-0.2, -0.15) is 0 Å². The van der Waals surface area contributed by atoms with Crippen LogP contribution in [0.2, 0.25) is 5.02 Å². The van der Waals surface area contributed by atoms with Gasteiger partial charge in [-0.1, -0.05) is 34.8 Å². The minimum absolute atomic E-state index is 0.480. The van der Waals surface area contributed by atoms with E-state index in [-0.39, 0.29) is 0 Å². The number of amides is 1. The lowest BCUT2D eigenvalue weighted by Crippen LogP contribution is -2.18. The molecule has 1 aromatic rings. The normalized spacial score (nSPS) is 10.4. The lowest BCUT2D eigenvalue weighted by molar-refractivity contribution is -0.114. The SMILES string of the molecule is O=C(Nc1ccc(Br)c(Cl)c1)C(Cl)Cl. The van der Waals surface area contributed by atoms with Crippen molar-refractivity contribution in [2.75, 3.05) is 5.32 Å². The van der Waals surface area contributed by atoms with Crippen LogP contribution in [0.15, 0.2) is 22.7 Å². The third-order valence-corrected chi connectivity index (χ3v) is 3.01. The molecular formula is C8H5BrCl3NO. The van der Waals surface area contributed by atoms with E-state index < -0.39 is 10.7 Å². The molecule has 0 fully saturated rings. The number of hydrogen-bond acceptors (Lipinski definition) is 1. The number of carbonyl (C=O) groups excluding carboxylic acids is 1. The molecule has 0 radical (unpaired) electrons. The molecule has 2 nitrogen and oxygen atoms in total. The quantitative estimate of drug-likeness (QED) is 0.825. The lowest BCUT2D eigenvalue weighted by Gasteiger charge is -2.06. The van der Waals surface area contributed by atoms with Crippen LogP contribution in [0.5, 0.6) is 0 Å². The van der Waals surface area contributed by atoms with Crippen LogP contribution in [0.3, 0.4) is 0 Å². The summed E-state index contributed by atoms with van der Waals surface area (Å²) in [6, 6.07) is 5.00. The summed E-state index contributed by atoms with van der Waals surface area (Å²) >= 11 is 19.8. The molecule has 0 saturated carbocycles. The minimum Gasteiger partial charge on any atom is -0.324 e. The second-order valence-corrected chi connectivity index (χ2v) is 4.78. The fraction of sp³-hybridized carbons (Fsp3) is 0.125. The van der Waals surface area contributed by atoms with Gasteiger partial charge in [-0.05, 0) is 34.1 Å². The summed E-state index contributed by atoms with van der Waals surface area (Å²) in [5.41, 5.74) is 0.550. The third-order valence-electron chi connectivity index (χ3n) is 1.39. The zero-order valence-electron chi connectivity index (χ0n) is 6.73. The maximum Gasteiger partial charge on any atom is 0.257 e. The first-order chi connectivity index (χ1) is 6.50. The van der Waals surface area contributed by atoms with Gasteiger partial charge in [0.15, 0.2) is 4.84 Å². The van der Waals surface area contributed by atoms with E-state index in [0.717, 1.165) is 4.47 Å². The highest BCUT2D eigenvalue weighted by Crippen LogP contribution is 2.25. The van der Waals surface area contributed by atoms with Crippen molar-refractivity contribution < 1.29 is 4.79 Å². The maximum absolute atomic E-state index is 11.1. The molecule has 0 unspecified atom stereocenters. The molecule has 1 N–H and O–H groups in total. The van der Waals surface area contributed by atoms with E-state index in [1.165, 1.54) is 0 Å². The van der Waals surface area contributed by atoms with Crippen LogP contribution in [0.1, 0.15) is 0 Å². The van der Waals surface area contributed by atoms with E-state index in [4.69, 9.17) is 34.8 Å². The van der Waals surface area contributed by atoms with Gasteiger partial charge in [0.25, 0.3) is 5.91 Å². The van der Waals surface area contributed by atoms with Crippen LogP contribution in [0.4, 0.5) is 5.69 Å². The molecule has 6 heteroatoms. The molecule has 0 aromatic heterocycles. The van der Waals surface area contributed by atoms with Crippen molar-refractivity contribution >= 4 is 62.3 Å². The molecule has 0 aliphatic heterocycles. The molecule has 1 rings (SSSR count). The number of hydrogen-bond donors (Lipinski definition) is 1. The van der Waals surface area contributed by atoms with Crippen LogP contribution in [0.25, 0.3) is 0 Å². The first-order valence-corrected chi connectivity index (χ1v) is 5.59. The Kier molecular flexibility index (Phi) is 4.51. The number of alkyl halides is 2. The average Bonchev–Trinajstić information content (AvgIpc) is 2.11. The Labute approximate surface area is 105 Å². The highest BCUT2D eigenvalue weighted by molar-refractivity contribution is 9.10. The van der Waals surface area contributed by atoms with Crippen LogP contribution >= 0.6 is 50.7 Å². The molecule has 0 aliphatic carbocycles. The fourth-order valence-electron chi connectivity index (χ4n) is 0.771. The van der Waals surface area contributed by atoms with E-state index in [1.807, 2.05) is 0 Å². The molecule has 0 saturated heterocycles. The Hall–Kier alpha value is 0.0400. The molecule has 14 heavy (non-hydrogen) atoms. The summed E-state index contributed by atoms with van der Waals surface area (Å²) in [4.78, 5) is 9.99. The number of halogens is 4. The van der Waals surface area contributed by atoms with Gasteiger partial charge in [0.05, 0.1) is 5.02 Å². The Morgan fingerprint density at radius 1 is 1.43 bits per heavy atom. The van der Waals surface area contributed by atoms with Gasteiger partial charge in [-0.3, -0.25) is 4.79 Å². The van der Waals surface area contributed by atoms with Gasteiger partial charge in [0.2, 0.25) is 0 Å². The topological polar surface area (TPSA) is 29.1 Å². The maximum atomic E-state index is 11.1. The van der Waals surface area contributed by atoms with Crippen molar-refractivity contribution in [3.63, 3.8) is 0 Å². The summed E-state index contributed by atoms with van der Waals surface area (Å²) < 4.78 is 0.755. The number of anilines is 1. The monoisotopic (exact) mass is 315 g/mol. The Morgan fingerprint density at radius 3 is 2.57 bits per heavy atom. The smallest absolute Gasteiger partial charge is 0.257 e. The van der Waals surface area contributed by atoms with Gasteiger partial charge in [-0.25, -0.2) is 0 Å². The first kappa shape index (κ1) is 12.1. The molecule has 0 spiro atoms. The Morgan fingerprint density at radius 2 is 2.07 bits per heavy atom. The zero-order chi connectivity index (χ0) is 10.7. The third kappa shape index (κ3) is 3.31. The predicted octanol–water partition coefficient (Wildman–Crippen LogP) is 3.84. The van der Waals surface area contributed by atoms with Crippen LogP contribution in [-0.2, 0) is 4.79 Å². The van der Waals surface area contributed by atoms with Crippen LogP contribution in [-0.4, -0.2) is 10.7 Å². The summed E-state index contributed by atoms with van der Waals surface area (Å²) in [6.07, 6.45) is 0. The zero-order valence-corrected chi connectivity index (χ0v) is 10.6. The number of rotatable bonds is 2. The standard InChI is InChI=1S/C8H5BrCl3NO/c9-5-2-1-4(3-6(5)10)13-8(14)7(11)12/h1-3,7H,(H,13,14). The molecular weight excluding hydrogens is 312 g/mol. The summed E-state index contributed by atoms with van der Waals surface area (Å²) in [5.74, 6) is -0.480. The first-order valence-electron chi connectivity index (χ1n) is 3.55. The van der Waals surface area contributed by atoms with Crippen molar-refractivity contribution in [1.82, 2.24) is 0 Å². The van der Waals surface area contributed by atoms with Crippen molar-refractivity contribution in [2.45, 2.75) is 4.84 Å². The van der Waals surface area contributed by atoms with Crippen molar-refractivity contribution in [2.24, 2.45) is 0 Å². The van der Waals surface area contributed by atoms with E-state index >= 15 is 0 Å². The van der Waals surface area contributed by atoms with E-state index in [2.05, 4.69) is 21.2 Å². The summed E-state index contributed by atoms with van der Waals surface area (Å²) in [5, 5.41) is 3.00. The predicted molar refractivity (Wildman–Crippen MR) is 63.3 cm³/mol. The van der Waals surface area contributed by atoms with Gasteiger partial charge in [0, 0.05) is 10.2 Å². The van der Waals surface area contributed by atoms with Crippen LogP contribution in [0, 0.1) is 0 Å². The van der Waals surface area contributed by atoms with E-state index in [0.29, 0.717) is 10.7 Å². The Balaban J connectivity index is 2.78.